The highest BCUT2D eigenvalue weighted by Crippen LogP contribution is 2.36. The Morgan fingerprint density at radius 2 is 1.19 bits per heavy atom. The molecule has 276 valence electrons. The van der Waals surface area contributed by atoms with Crippen molar-refractivity contribution < 1.29 is 19.1 Å². The van der Waals surface area contributed by atoms with Gasteiger partial charge in [-0.3, -0.25) is 20.0 Å². The first-order valence-corrected chi connectivity index (χ1v) is 17.9. The number of rotatable bonds is 10. The predicted molar refractivity (Wildman–Crippen MR) is 210 cm³/mol. The van der Waals surface area contributed by atoms with E-state index in [1.54, 1.807) is 36.4 Å². The maximum atomic E-state index is 12.9. The second kappa shape index (κ2) is 16.0. The van der Waals surface area contributed by atoms with Gasteiger partial charge in [0.1, 0.15) is 11.5 Å². The summed E-state index contributed by atoms with van der Waals surface area (Å²) >= 11 is 0. The largest absolute Gasteiger partial charge is 0.496 e. The van der Waals surface area contributed by atoms with Gasteiger partial charge >= 0.3 is 12.1 Å². The molecule has 2 fully saturated rings. The first-order chi connectivity index (χ1) is 26.3. The molecule has 4 heterocycles. The number of nitrogens with one attached hydrogen (secondary N) is 2. The smallest absolute Gasteiger partial charge is 0.324 e. The van der Waals surface area contributed by atoms with Crippen molar-refractivity contribution >= 4 is 23.4 Å². The fourth-order valence-electron chi connectivity index (χ4n) is 6.93. The number of ether oxygens (including phenoxy) is 2. The summed E-state index contributed by atoms with van der Waals surface area (Å²) in [4.78, 5) is 33.2. The van der Waals surface area contributed by atoms with Crippen molar-refractivity contribution in [3.8, 4) is 33.8 Å². The average Bonchev–Trinajstić information content (AvgIpc) is 4.03. The Labute approximate surface area is 314 Å². The molecule has 2 N–H and O–H groups in total. The van der Waals surface area contributed by atoms with Crippen LogP contribution in [0.15, 0.2) is 110 Å². The van der Waals surface area contributed by atoms with E-state index in [1.165, 1.54) is 16.7 Å². The van der Waals surface area contributed by atoms with Crippen molar-refractivity contribution in [2.45, 2.75) is 26.9 Å². The van der Waals surface area contributed by atoms with Gasteiger partial charge in [0.15, 0.2) is 0 Å². The molecule has 2 saturated heterocycles. The van der Waals surface area contributed by atoms with E-state index < -0.39 is 0 Å². The van der Waals surface area contributed by atoms with Crippen molar-refractivity contribution in [1.82, 2.24) is 30.2 Å². The summed E-state index contributed by atoms with van der Waals surface area (Å²) < 4.78 is 11.1. The predicted octanol–water partition coefficient (Wildman–Crippen LogP) is 7.67. The van der Waals surface area contributed by atoms with E-state index >= 15 is 0 Å². The van der Waals surface area contributed by atoms with Crippen LogP contribution in [-0.4, -0.2) is 82.7 Å². The molecule has 2 aliphatic rings. The summed E-state index contributed by atoms with van der Waals surface area (Å²) in [5.41, 5.74) is 10.2. The number of H-pyrrole nitrogens is 2. The third-order valence-electron chi connectivity index (χ3n) is 9.88. The molecule has 0 bridgehead atoms. The van der Waals surface area contributed by atoms with Gasteiger partial charge in [-0.15, -0.1) is 0 Å². The summed E-state index contributed by atoms with van der Waals surface area (Å²) in [6.45, 7) is 8.14. The topological polar surface area (TPSA) is 123 Å². The Morgan fingerprint density at radius 1 is 0.630 bits per heavy atom. The highest BCUT2D eigenvalue weighted by atomic mass is 16.5. The van der Waals surface area contributed by atoms with Gasteiger partial charge in [-0.25, -0.2) is 9.59 Å². The number of amides is 4. The monoisotopic (exact) mass is 724 g/mol. The number of benzene rings is 4. The van der Waals surface area contributed by atoms with Gasteiger partial charge < -0.3 is 19.3 Å². The summed E-state index contributed by atoms with van der Waals surface area (Å²) in [7, 11) is 3.28. The quantitative estimate of drug-likeness (QED) is 0.150. The number of aryl methyl sites for hydroxylation is 2. The third kappa shape index (κ3) is 7.63. The lowest BCUT2D eigenvalue weighted by molar-refractivity contribution is 0.218. The number of hydrogen-bond donors (Lipinski definition) is 2. The summed E-state index contributed by atoms with van der Waals surface area (Å²) in [5.74, 6) is 1.44. The first-order valence-electron chi connectivity index (χ1n) is 17.9. The highest BCUT2D eigenvalue weighted by molar-refractivity contribution is 5.95. The third-order valence-corrected chi connectivity index (χ3v) is 9.88. The number of anilines is 2. The van der Waals surface area contributed by atoms with Crippen LogP contribution in [-0.2, 0) is 13.1 Å². The van der Waals surface area contributed by atoms with Crippen LogP contribution < -0.4 is 19.3 Å². The number of aromatic amines is 2. The van der Waals surface area contributed by atoms with Crippen LogP contribution >= 0.6 is 0 Å². The molecule has 6 aromatic rings. The van der Waals surface area contributed by atoms with E-state index in [2.05, 4.69) is 64.6 Å². The number of carbonyl (C=O) groups is 2. The summed E-state index contributed by atoms with van der Waals surface area (Å²) in [6.07, 6.45) is 7.15. The van der Waals surface area contributed by atoms with E-state index in [0.29, 0.717) is 39.3 Å². The van der Waals surface area contributed by atoms with Crippen molar-refractivity contribution in [2.24, 2.45) is 0 Å². The van der Waals surface area contributed by atoms with Crippen LogP contribution in [0, 0.1) is 13.8 Å². The number of hydrogen-bond acceptors (Lipinski definition) is 6. The fraction of sp³-hybridized carbons (Fsp3) is 0.238. The minimum atomic E-state index is 0.0228. The average molecular weight is 725 g/mol. The zero-order chi connectivity index (χ0) is 37.6. The van der Waals surface area contributed by atoms with Gasteiger partial charge in [0.2, 0.25) is 0 Å². The Morgan fingerprint density at radius 3 is 1.69 bits per heavy atom. The number of aromatic nitrogens is 4. The molecule has 0 saturated carbocycles. The first kappa shape index (κ1) is 35.8. The number of nitrogens with zero attached hydrogens (tertiary/aromatic N) is 6. The van der Waals surface area contributed by atoms with Crippen LogP contribution in [0.4, 0.5) is 21.0 Å². The number of methoxy groups -OCH3 is 2. The molecule has 2 aliphatic heterocycles. The van der Waals surface area contributed by atoms with E-state index in [9.17, 15) is 9.59 Å². The lowest BCUT2D eigenvalue weighted by atomic mass is 10.1. The van der Waals surface area contributed by atoms with Crippen LogP contribution in [0.25, 0.3) is 22.3 Å². The molecule has 4 aromatic carbocycles. The zero-order valence-corrected chi connectivity index (χ0v) is 31.0. The van der Waals surface area contributed by atoms with E-state index in [0.717, 1.165) is 50.7 Å². The molecule has 8 rings (SSSR count). The standard InChI is InChI=1S/2C21H22N4O2/c1-15-4-3-5-16(10-15)14-24-8-9-25(21(24)26)18-6-7-19(20(11-18)27-2)17-12-22-23-13-17;1-15-5-3-4-6-16(15)14-24-9-10-25(21(24)26)18-7-8-19(20(11-18)27-2)17-12-22-23-13-17/h3-7,10-13H,8-9,14H2,1-2H3,(H,22,23);3-8,11-13H,9-10,14H2,1-2H3,(H,22,23). The van der Waals surface area contributed by atoms with Crippen LogP contribution in [0.1, 0.15) is 22.3 Å². The van der Waals surface area contributed by atoms with Crippen LogP contribution in [0.3, 0.4) is 0 Å². The second-order valence-corrected chi connectivity index (χ2v) is 13.4. The highest BCUT2D eigenvalue weighted by Gasteiger charge is 2.31. The van der Waals surface area contributed by atoms with Crippen molar-refractivity contribution in [3.63, 3.8) is 0 Å². The molecule has 12 nitrogen and oxygen atoms in total. The lowest BCUT2D eigenvalue weighted by Crippen LogP contribution is -2.31. The Bertz CT molecular complexity index is 2220. The Hall–Kier alpha value is -6.56. The van der Waals surface area contributed by atoms with Crippen molar-refractivity contribution in [3.05, 3.63) is 132 Å². The van der Waals surface area contributed by atoms with Gasteiger partial charge in [-0.1, -0.05) is 54.1 Å². The molecule has 0 spiro atoms. The minimum absolute atomic E-state index is 0.0228. The molecule has 0 radical (unpaired) electrons. The van der Waals surface area contributed by atoms with E-state index in [4.69, 9.17) is 9.47 Å². The summed E-state index contributed by atoms with van der Waals surface area (Å²) in [5, 5.41) is 13.6. The molecule has 0 aliphatic carbocycles. The molecule has 54 heavy (non-hydrogen) atoms. The van der Waals surface area contributed by atoms with Gasteiger partial charge in [0.25, 0.3) is 0 Å². The molecular weight excluding hydrogens is 681 g/mol. The lowest BCUT2D eigenvalue weighted by Gasteiger charge is -2.20. The SMILES string of the molecule is COc1cc(N2CCN(Cc3cccc(C)c3)C2=O)ccc1-c1cn[nH]c1.COc1cc(N2CCN(Cc3ccccc3C)C2=O)ccc1-c1cn[nH]c1. The zero-order valence-electron chi connectivity index (χ0n) is 31.0. The van der Waals surface area contributed by atoms with Crippen molar-refractivity contribution in [1.29, 1.82) is 0 Å². The number of urea groups is 2. The van der Waals surface area contributed by atoms with Crippen LogP contribution in [0.5, 0.6) is 11.5 Å². The van der Waals surface area contributed by atoms with E-state index in [1.807, 2.05) is 76.8 Å². The van der Waals surface area contributed by atoms with E-state index in [-0.39, 0.29) is 12.1 Å². The molecule has 0 unspecified atom stereocenters. The van der Waals surface area contributed by atoms with Crippen LogP contribution in [0.2, 0.25) is 0 Å². The number of carbonyl (C=O) groups excluding carboxylic acids is 2. The van der Waals surface area contributed by atoms with Gasteiger partial charge in [0.05, 0.1) is 26.6 Å². The second-order valence-electron chi connectivity index (χ2n) is 13.4. The fourth-order valence-corrected chi connectivity index (χ4v) is 6.93. The molecule has 4 amide bonds. The molecule has 12 heteroatoms. The van der Waals surface area contributed by atoms with Gasteiger partial charge in [-0.05, 0) is 54.8 Å². The maximum Gasteiger partial charge on any atom is 0.324 e. The summed E-state index contributed by atoms with van der Waals surface area (Å²) in [6, 6.07) is 28.2. The van der Waals surface area contributed by atoms with Gasteiger partial charge in [0, 0.05) is 97.4 Å². The molecule has 2 aromatic heterocycles. The normalized spacial score (nSPS) is 14.1. The Balaban J connectivity index is 0.000000167. The molecule has 0 atom stereocenters. The Kier molecular flexibility index (Phi) is 10.6. The minimum Gasteiger partial charge on any atom is -0.496 e. The van der Waals surface area contributed by atoms with Crippen molar-refractivity contribution in [2.75, 3.05) is 50.2 Å². The van der Waals surface area contributed by atoms with Gasteiger partial charge in [-0.2, -0.15) is 10.2 Å². The maximum absolute atomic E-state index is 12.9. The molecular formula is C42H44N8O4.